The second kappa shape index (κ2) is 16.4. The van der Waals surface area contributed by atoms with Crippen LogP contribution in [0.5, 0.6) is 0 Å². The van der Waals surface area contributed by atoms with Crippen molar-refractivity contribution in [1.29, 1.82) is 0 Å². The van der Waals surface area contributed by atoms with Gasteiger partial charge >= 0.3 is 0 Å². The van der Waals surface area contributed by atoms with E-state index in [0.29, 0.717) is 0 Å². The lowest BCUT2D eigenvalue weighted by Gasteiger charge is -2.16. The molecule has 0 amide bonds. The lowest BCUT2D eigenvalue weighted by Crippen LogP contribution is -2.01. The van der Waals surface area contributed by atoms with E-state index >= 15 is 0 Å². The molecule has 2 unspecified atom stereocenters. The Hall–Kier alpha value is 0. The number of rotatable bonds is 16. The maximum atomic E-state index is 2.47. The third-order valence-corrected chi connectivity index (χ3v) is 5.02. The van der Waals surface area contributed by atoms with E-state index in [1.165, 1.54) is 96.3 Å². The van der Waals surface area contributed by atoms with Crippen molar-refractivity contribution in [2.24, 2.45) is 11.8 Å². The molecule has 0 rings (SSSR count). The van der Waals surface area contributed by atoms with Crippen LogP contribution in [-0.4, -0.2) is 0 Å². The van der Waals surface area contributed by atoms with Crippen molar-refractivity contribution in [2.45, 2.75) is 124 Å². The van der Waals surface area contributed by atoms with Crippen LogP contribution in [0.4, 0.5) is 0 Å². The molecular weight excluding hydrogens is 252 g/mol. The van der Waals surface area contributed by atoms with E-state index in [9.17, 15) is 0 Å². The fourth-order valence-corrected chi connectivity index (χ4v) is 3.50. The van der Waals surface area contributed by atoms with Gasteiger partial charge in [0.25, 0.3) is 0 Å². The molecule has 2 atom stereocenters. The molecule has 0 aromatic rings. The standard InChI is InChI=1S/C21H44/c1-5-8-10-12-16-20(4)17-13-11-14-19-21(15-7-3)18-9-6-2/h20-21H,5-19H2,1-4H3. The van der Waals surface area contributed by atoms with Gasteiger partial charge in [-0.3, -0.25) is 0 Å². The number of unbranched alkanes of at least 4 members (excludes halogenated alkanes) is 6. The van der Waals surface area contributed by atoms with Gasteiger partial charge in [0.05, 0.1) is 0 Å². The summed E-state index contributed by atoms with van der Waals surface area (Å²) < 4.78 is 0. The topological polar surface area (TPSA) is 0 Å². The molecule has 128 valence electrons. The number of hydrogen-bond donors (Lipinski definition) is 0. The first-order valence-corrected chi connectivity index (χ1v) is 10.2. The van der Waals surface area contributed by atoms with Crippen LogP contribution < -0.4 is 0 Å². The molecule has 0 saturated carbocycles. The maximum Gasteiger partial charge on any atom is -0.0414 e. The normalized spacial score (nSPS) is 14.3. The summed E-state index contributed by atoms with van der Waals surface area (Å²) in [4.78, 5) is 0. The van der Waals surface area contributed by atoms with Gasteiger partial charge in [-0.2, -0.15) is 0 Å². The molecule has 0 aliphatic heterocycles. The predicted octanol–water partition coefficient (Wildman–Crippen LogP) is 8.15. The van der Waals surface area contributed by atoms with Crippen LogP contribution in [0.25, 0.3) is 0 Å². The Labute approximate surface area is 136 Å². The van der Waals surface area contributed by atoms with Crippen molar-refractivity contribution in [1.82, 2.24) is 0 Å². The number of hydrogen-bond acceptors (Lipinski definition) is 0. The van der Waals surface area contributed by atoms with Crippen LogP contribution in [0.15, 0.2) is 0 Å². The third kappa shape index (κ3) is 14.7. The highest BCUT2D eigenvalue weighted by atomic mass is 14.1. The summed E-state index contributed by atoms with van der Waals surface area (Å²) in [5.41, 5.74) is 0. The zero-order valence-electron chi connectivity index (χ0n) is 15.8. The minimum Gasteiger partial charge on any atom is -0.0654 e. The van der Waals surface area contributed by atoms with Crippen molar-refractivity contribution in [2.75, 3.05) is 0 Å². The maximum absolute atomic E-state index is 2.47. The van der Waals surface area contributed by atoms with Gasteiger partial charge in [0.2, 0.25) is 0 Å². The lowest BCUT2D eigenvalue weighted by molar-refractivity contribution is 0.375. The summed E-state index contributed by atoms with van der Waals surface area (Å²) in [5, 5.41) is 0. The smallest absolute Gasteiger partial charge is 0.0414 e. The first kappa shape index (κ1) is 21.0. The molecule has 0 nitrogen and oxygen atoms in total. The van der Waals surface area contributed by atoms with Crippen molar-refractivity contribution in [3.05, 3.63) is 0 Å². The summed E-state index contributed by atoms with van der Waals surface area (Å²) in [6, 6.07) is 0. The summed E-state index contributed by atoms with van der Waals surface area (Å²) >= 11 is 0. The first-order valence-electron chi connectivity index (χ1n) is 10.2. The molecule has 0 aromatic carbocycles. The Kier molecular flexibility index (Phi) is 16.4. The van der Waals surface area contributed by atoms with Gasteiger partial charge in [-0.25, -0.2) is 0 Å². The molecule has 0 bridgehead atoms. The van der Waals surface area contributed by atoms with Crippen molar-refractivity contribution in [3.63, 3.8) is 0 Å². The summed E-state index contributed by atoms with van der Waals surface area (Å²) in [7, 11) is 0. The Morgan fingerprint density at radius 3 is 1.57 bits per heavy atom. The molecule has 0 spiro atoms. The lowest BCUT2D eigenvalue weighted by atomic mass is 9.90. The van der Waals surface area contributed by atoms with Crippen molar-refractivity contribution >= 4 is 0 Å². The highest BCUT2D eigenvalue weighted by Gasteiger charge is 2.07. The average molecular weight is 297 g/mol. The highest BCUT2D eigenvalue weighted by Crippen LogP contribution is 2.23. The van der Waals surface area contributed by atoms with Crippen LogP contribution in [0.2, 0.25) is 0 Å². The van der Waals surface area contributed by atoms with Crippen molar-refractivity contribution < 1.29 is 0 Å². The quantitative estimate of drug-likeness (QED) is 0.252. The van der Waals surface area contributed by atoms with E-state index in [1.807, 2.05) is 0 Å². The van der Waals surface area contributed by atoms with Gasteiger partial charge in [0, 0.05) is 0 Å². The second-order valence-electron chi connectivity index (χ2n) is 7.39. The minimum absolute atomic E-state index is 0.966. The molecule has 0 aliphatic rings. The van der Waals surface area contributed by atoms with Gasteiger partial charge in [0.1, 0.15) is 0 Å². The van der Waals surface area contributed by atoms with E-state index in [-0.39, 0.29) is 0 Å². The molecule has 0 N–H and O–H groups in total. The largest absolute Gasteiger partial charge is 0.0654 e. The third-order valence-electron chi connectivity index (χ3n) is 5.02. The zero-order chi connectivity index (χ0) is 15.8. The summed E-state index contributed by atoms with van der Waals surface area (Å²) in [5.74, 6) is 2.00. The van der Waals surface area contributed by atoms with E-state index in [2.05, 4.69) is 27.7 Å². The molecule has 21 heavy (non-hydrogen) atoms. The van der Waals surface area contributed by atoms with Gasteiger partial charge in [-0.05, 0) is 11.8 Å². The summed E-state index contributed by atoms with van der Waals surface area (Å²) in [6.07, 6.45) is 21.7. The fourth-order valence-electron chi connectivity index (χ4n) is 3.50. The van der Waals surface area contributed by atoms with Crippen LogP contribution in [0, 0.1) is 11.8 Å². The van der Waals surface area contributed by atoms with E-state index in [0.717, 1.165) is 11.8 Å². The predicted molar refractivity (Wildman–Crippen MR) is 98.9 cm³/mol. The molecule has 0 radical (unpaired) electrons. The van der Waals surface area contributed by atoms with Gasteiger partial charge in [-0.1, -0.05) is 124 Å². The van der Waals surface area contributed by atoms with Gasteiger partial charge in [-0.15, -0.1) is 0 Å². The van der Waals surface area contributed by atoms with Crippen molar-refractivity contribution in [3.8, 4) is 0 Å². The highest BCUT2D eigenvalue weighted by molar-refractivity contribution is 4.61. The van der Waals surface area contributed by atoms with Gasteiger partial charge < -0.3 is 0 Å². The SMILES string of the molecule is CCCCCCC(C)CCCCCC(CCC)CCCC. The molecule has 0 aliphatic carbocycles. The zero-order valence-corrected chi connectivity index (χ0v) is 15.8. The minimum atomic E-state index is 0.966. The van der Waals surface area contributed by atoms with Crippen LogP contribution in [-0.2, 0) is 0 Å². The van der Waals surface area contributed by atoms with Crippen LogP contribution in [0.1, 0.15) is 124 Å². The molecule has 0 saturated heterocycles. The Balaban J connectivity index is 3.46. The Morgan fingerprint density at radius 2 is 1.00 bits per heavy atom. The first-order chi connectivity index (χ1) is 10.2. The monoisotopic (exact) mass is 296 g/mol. The van der Waals surface area contributed by atoms with E-state index in [4.69, 9.17) is 0 Å². The van der Waals surface area contributed by atoms with E-state index < -0.39 is 0 Å². The second-order valence-corrected chi connectivity index (χ2v) is 7.39. The molecule has 0 fully saturated rings. The molecule has 0 heterocycles. The van der Waals surface area contributed by atoms with Gasteiger partial charge in [0.15, 0.2) is 0 Å². The fraction of sp³-hybridized carbons (Fsp3) is 1.00. The Bertz CT molecular complexity index is 184. The average Bonchev–Trinajstić information content (AvgIpc) is 2.48. The molecule has 0 heteroatoms. The van der Waals surface area contributed by atoms with E-state index in [1.54, 1.807) is 0 Å². The summed E-state index contributed by atoms with van der Waals surface area (Å²) in [6.45, 7) is 9.44. The Morgan fingerprint density at radius 1 is 0.476 bits per heavy atom. The molecule has 0 aromatic heterocycles. The van der Waals surface area contributed by atoms with Crippen LogP contribution in [0.3, 0.4) is 0 Å². The van der Waals surface area contributed by atoms with Crippen LogP contribution >= 0.6 is 0 Å². The molecular formula is C21H44.